The van der Waals surface area contributed by atoms with Crippen molar-refractivity contribution in [1.82, 2.24) is 5.16 Å². The van der Waals surface area contributed by atoms with Crippen LogP contribution in [0.1, 0.15) is 5.56 Å². The van der Waals surface area contributed by atoms with Crippen molar-refractivity contribution in [3.8, 4) is 11.3 Å². The molecular formula is C11H11BrN2O2. The fourth-order valence-corrected chi connectivity index (χ4v) is 1.89. The standard InChI is InChI=1S/C11H11BrN2O2/c1-15-6-8-3-2-7(4-9(8)12)10-5-11(13)14-16-10/h2-5H,6H2,1H3,(H2,13,14). The van der Waals surface area contributed by atoms with Crippen molar-refractivity contribution in [3.05, 3.63) is 34.3 Å². The molecule has 2 rings (SSSR count). The Morgan fingerprint density at radius 3 is 2.81 bits per heavy atom. The van der Waals surface area contributed by atoms with E-state index in [9.17, 15) is 0 Å². The quantitative estimate of drug-likeness (QED) is 0.940. The molecule has 0 unspecified atom stereocenters. The molecule has 84 valence electrons. The van der Waals surface area contributed by atoms with E-state index >= 15 is 0 Å². The molecular weight excluding hydrogens is 272 g/mol. The third-order valence-corrected chi connectivity index (χ3v) is 2.90. The third-order valence-electron chi connectivity index (χ3n) is 2.17. The highest BCUT2D eigenvalue weighted by atomic mass is 79.9. The summed E-state index contributed by atoms with van der Waals surface area (Å²) in [5.74, 6) is 1.04. The number of hydrogen-bond donors (Lipinski definition) is 1. The van der Waals surface area contributed by atoms with Crippen molar-refractivity contribution in [1.29, 1.82) is 0 Å². The van der Waals surface area contributed by atoms with Gasteiger partial charge in [-0.1, -0.05) is 33.2 Å². The van der Waals surface area contributed by atoms with E-state index in [-0.39, 0.29) is 0 Å². The first-order valence-corrected chi connectivity index (χ1v) is 5.50. The number of rotatable bonds is 3. The summed E-state index contributed by atoms with van der Waals surface area (Å²) in [6, 6.07) is 7.56. The zero-order valence-corrected chi connectivity index (χ0v) is 10.3. The fourth-order valence-electron chi connectivity index (χ4n) is 1.40. The maximum Gasteiger partial charge on any atom is 0.169 e. The predicted octanol–water partition coefficient (Wildman–Crippen LogP) is 2.83. The molecule has 0 saturated heterocycles. The highest BCUT2D eigenvalue weighted by Crippen LogP contribution is 2.27. The van der Waals surface area contributed by atoms with Gasteiger partial charge in [0.05, 0.1) is 6.61 Å². The van der Waals surface area contributed by atoms with Crippen LogP contribution in [0.25, 0.3) is 11.3 Å². The van der Waals surface area contributed by atoms with Gasteiger partial charge < -0.3 is 15.0 Å². The molecule has 0 amide bonds. The number of methoxy groups -OCH3 is 1. The molecule has 1 heterocycles. The van der Waals surface area contributed by atoms with Gasteiger partial charge in [-0.15, -0.1) is 0 Å². The number of benzene rings is 1. The van der Waals surface area contributed by atoms with Crippen LogP contribution in [0.5, 0.6) is 0 Å². The molecule has 2 aromatic rings. The van der Waals surface area contributed by atoms with Crippen molar-refractivity contribution in [3.63, 3.8) is 0 Å². The highest BCUT2D eigenvalue weighted by Gasteiger charge is 2.07. The average molecular weight is 283 g/mol. The van der Waals surface area contributed by atoms with Gasteiger partial charge in [0.15, 0.2) is 11.6 Å². The normalized spacial score (nSPS) is 10.6. The van der Waals surface area contributed by atoms with Gasteiger partial charge in [0.25, 0.3) is 0 Å². The van der Waals surface area contributed by atoms with Crippen LogP contribution in [0, 0.1) is 0 Å². The Kier molecular flexibility index (Phi) is 3.26. The lowest BCUT2D eigenvalue weighted by Gasteiger charge is -2.04. The van der Waals surface area contributed by atoms with Crippen LogP contribution in [-0.4, -0.2) is 12.3 Å². The second kappa shape index (κ2) is 4.67. The number of hydrogen-bond acceptors (Lipinski definition) is 4. The number of nitrogen functional groups attached to an aromatic ring is 1. The summed E-state index contributed by atoms with van der Waals surface area (Å²) in [6.45, 7) is 0.569. The minimum atomic E-state index is 0.382. The smallest absolute Gasteiger partial charge is 0.169 e. The highest BCUT2D eigenvalue weighted by molar-refractivity contribution is 9.10. The van der Waals surface area contributed by atoms with Gasteiger partial charge in [-0.3, -0.25) is 0 Å². The minimum Gasteiger partial charge on any atom is -0.381 e. The zero-order valence-electron chi connectivity index (χ0n) is 8.74. The molecule has 4 nitrogen and oxygen atoms in total. The Bertz CT molecular complexity index is 496. The SMILES string of the molecule is COCc1ccc(-c2cc(N)no2)cc1Br. The maximum atomic E-state index is 5.50. The first-order valence-electron chi connectivity index (χ1n) is 4.70. The minimum absolute atomic E-state index is 0.382. The number of aromatic nitrogens is 1. The van der Waals surface area contributed by atoms with E-state index in [0.29, 0.717) is 18.2 Å². The molecule has 0 saturated carbocycles. The lowest BCUT2D eigenvalue weighted by molar-refractivity contribution is 0.184. The van der Waals surface area contributed by atoms with Gasteiger partial charge in [-0.25, -0.2) is 0 Å². The van der Waals surface area contributed by atoms with E-state index in [0.717, 1.165) is 15.6 Å². The summed E-state index contributed by atoms with van der Waals surface area (Å²) in [5.41, 5.74) is 7.50. The Morgan fingerprint density at radius 1 is 1.44 bits per heavy atom. The lowest BCUT2D eigenvalue weighted by atomic mass is 10.1. The molecule has 0 aliphatic carbocycles. The van der Waals surface area contributed by atoms with E-state index < -0.39 is 0 Å². The molecule has 5 heteroatoms. The molecule has 0 aliphatic heterocycles. The summed E-state index contributed by atoms with van der Waals surface area (Å²) >= 11 is 3.48. The summed E-state index contributed by atoms with van der Waals surface area (Å²) in [5, 5.41) is 3.64. The molecule has 0 bridgehead atoms. The zero-order chi connectivity index (χ0) is 11.5. The second-order valence-corrected chi connectivity index (χ2v) is 4.21. The fraction of sp³-hybridized carbons (Fsp3) is 0.182. The van der Waals surface area contributed by atoms with Crippen molar-refractivity contribution in [2.75, 3.05) is 12.8 Å². The van der Waals surface area contributed by atoms with Gasteiger partial charge >= 0.3 is 0 Å². The number of ether oxygens (including phenoxy) is 1. The van der Waals surface area contributed by atoms with Crippen molar-refractivity contribution in [2.45, 2.75) is 6.61 Å². The van der Waals surface area contributed by atoms with E-state index in [1.807, 2.05) is 18.2 Å². The molecule has 1 aromatic carbocycles. The summed E-state index contributed by atoms with van der Waals surface area (Å²) in [4.78, 5) is 0. The number of nitrogens with two attached hydrogens (primary N) is 1. The maximum absolute atomic E-state index is 5.50. The first kappa shape index (κ1) is 11.2. The van der Waals surface area contributed by atoms with Gasteiger partial charge in [0.2, 0.25) is 0 Å². The van der Waals surface area contributed by atoms with E-state index in [1.54, 1.807) is 13.2 Å². The predicted molar refractivity (Wildman–Crippen MR) is 64.8 cm³/mol. The lowest BCUT2D eigenvalue weighted by Crippen LogP contribution is -1.89. The van der Waals surface area contributed by atoms with E-state index in [4.69, 9.17) is 15.0 Å². The van der Waals surface area contributed by atoms with Gasteiger partial charge in [-0.2, -0.15) is 0 Å². The van der Waals surface area contributed by atoms with E-state index in [1.165, 1.54) is 0 Å². The first-order chi connectivity index (χ1) is 7.70. The van der Waals surface area contributed by atoms with Crippen molar-refractivity contribution in [2.24, 2.45) is 0 Å². The number of anilines is 1. The third kappa shape index (κ3) is 2.25. The van der Waals surface area contributed by atoms with Gasteiger partial charge in [0.1, 0.15) is 0 Å². The topological polar surface area (TPSA) is 61.3 Å². The largest absolute Gasteiger partial charge is 0.381 e. The summed E-state index contributed by atoms with van der Waals surface area (Å²) in [7, 11) is 1.66. The van der Waals surface area contributed by atoms with Crippen LogP contribution in [0.4, 0.5) is 5.82 Å². The molecule has 0 spiro atoms. The summed E-state index contributed by atoms with van der Waals surface area (Å²) in [6.07, 6.45) is 0. The van der Waals surface area contributed by atoms with Crippen LogP contribution in [0.3, 0.4) is 0 Å². The van der Waals surface area contributed by atoms with Crippen LogP contribution < -0.4 is 5.73 Å². The molecule has 16 heavy (non-hydrogen) atoms. The molecule has 0 fully saturated rings. The van der Waals surface area contributed by atoms with Gasteiger partial charge in [0, 0.05) is 23.2 Å². The Balaban J connectivity index is 2.34. The Hall–Kier alpha value is -1.33. The molecule has 0 aliphatic rings. The van der Waals surface area contributed by atoms with Crippen molar-refractivity contribution >= 4 is 21.7 Å². The second-order valence-electron chi connectivity index (χ2n) is 3.36. The Morgan fingerprint density at radius 2 is 2.25 bits per heavy atom. The molecule has 1 aromatic heterocycles. The average Bonchev–Trinajstić information content (AvgIpc) is 2.68. The van der Waals surface area contributed by atoms with Crippen LogP contribution in [0.2, 0.25) is 0 Å². The van der Waals surface area contributed by atoms with Crippen LogP contribution in [-0.2, 0) is 11.3 Å². The molecule has 0 radical (unpaired) electrons. The number of halogens is 1. The Labute approximate surface area is 102 Å². The van der Waals surface area contributed by atoms with Gasteiger partial charge in [-0.05, 0) is 11.6 Å². The van der Waals surface area contributed by atoms with E-state index in [2.05, 4.69) is 21.1 Å². The summed E-state index contributed by atoms with van der Waals surface area (Å²) < 4.78 is 11.1. The monoisotopic (exact) mass is 282 g/mol. The van der Waals surface area contributed by atoms with Crippen LogP contribution >= 0.6 is 15.9 Å². The van der Waals surface area contributed by atoms with Crippen molar-refractivity contribution < 1.29 is 9.26 Å². The number of nitrogens with zero attached hydrogens (tertiary/aromatic N) is 1. The van der Waals surface area contributed by atoms with Crippen LogP contribution in [0.15, 0.2) is 33.3 Å². The molecule has 0 atom stereocenters. The molecule has 2 N–H and O–H groups in total.